The van der Waals surface area contributed by atoms with Gasteiger partial charge in [-0.05, 0) is 19.3 Å². The van der Waals surface area contributed by atoms with E-state index in [4.69, 9.17) is 18.9 Å². The number of carbonyl (C=O) groups is 1. The normalized spacial score (nSPS) is 26.9. The molecule has 6 heteroatoms. The van der Waals surface area contributed by atoms with Gasteiger partial charge in [0.25, 0.3) is 0 Å². The molecule has 0 amide bonds. The molecule has 0 aromatic carbocycles. The molecular weight excluding hydrogens is 262 g/mol. The summed E-state index contributed by atoms with van der Waals surface area (Å²) in [7, 11) is 1.42. The van der Waals surface area contributed by atoms with Gasteiger partial charge in [0.1, 0.15) is 6.79 Å². The Hall–Kier alpha value is -0.690. The third-order valence-electron chi connectivity index (χ3n) is 3.78. The molecule has 0 spiro atoms. The van der Waals surface area contributed by atoms with Gasteiger partial charge < -0.3 is 18.9 Å². The van der Waals surface area contributed by atoms with Crippen LogP contribution in [0.15, 0.2) is 0 Å². The van der Waals surface area contributed by atoms with Crippen LogP contribution in [0, 0.1) is 0 Å². The second-order valence-electron chi connectivity index (χ2n) is 5.32. The van der Waals surface area contributed by atoms with Gasteiger partial charge in [0.05, 0.1) is 32.3 Å². The fraction of sp³-hybridized carbons (Fsp3) is 0.929. The smallest absolute Gasteiger partial charge is 0.306 e. The zero-order valence-corrected chi connectivity index (χ0v) is 12.2. The highest BCUT2D eigenvalue weighted by atomic mass is 16.7. The third kappa shape index (κ3) is 5.36. The third-order valence-corrected chi connectivity index (χ3v) is 3.78. The molecule has 0 bridgehead atoms. The van der Waals surface area contributed by atoms with Crippen LogP contribution >= 0.6 is 0 Å². The zero-order valence-electron chi connectivity index (χ0n) is 12.2. The van der Waals surface area contributed by atoms with Crippen LogP contribution in [-0.4, -0.2) is 69.8 Å². The van der Waals surface area contributed by atoms with E-state index >= 15 is 0 Å². The standard InChI is InChI=1S/C14H25NO5/c1-17-14(16)4-6-15(9-12-3-2-7-19-12)10-13-5-8-18-11-20-13/h12-13H,2-11H2,1H3. The van der Waals surface area contributed by atoms with Crippen LogP contribution in [0.3, 0.4) is 0 Å². The highest BCUT2D eigenvalue weighted by Crippen LogP contribution is 2.15. The number of nitrogens with zero attached hydrogens (tertiary/aromatic N) is 1. The van der Waals surface area contributed by atoms with Crippen molar-refractivity contribution in [3.8, 4) is 0 Å². The van der Waals surface area contributed by atoms with Gasteiger partial charge in [-0.15, -0.1) is 0 Å². The summed E-state index contributed by atoms with van der Waals surface area (Å²) in [6, 6.07) is 0. The van der Waals surface area contributed by atoms with Gasteiger partial charge >= 0.3 is 5.97 Å². The predicted octanol–water partition coefficient (Wildman–Crippen LogP) is 0.794. The lowest BCUT2D eigenvalue weighted by Gasteiger charge is -2.31. The quantitative estimate of drug-likeness (QED) is 0.645. The number of hydrogen-bond donors (Lipinski definition) is 0. The van der Waals surface area contributed by atoms with Gasteiger partial charge in [-0.3, -0.25) is 9.69 Å². The number of methoxy groups -OCH3 is 1. The van der Waals surface area contributed by atoms with Crippen LogP contribution in [0.4, 0.5) is 0 Å². The SMILES string of the molecule is COC(=O)CCN(CC1CCCO1)CC1CCOCO1. The lowest BCUT2D eigenvalue weighted by Crippen LogP contribution is -2.41. The fourth-order valence-corrected chi connectivity index (χ4v) is 2.62. The lowest BCUT2D eigenvalue weighted by molar-refractivity contribution is -0.148. The molecule has 2 heterocycles. The van der Waals surface area contributed by atoms with E-state index in [1.807, 2.05) is 0 Å². The topological polar surface area (TPSA) is 57.2 Å². The lowest BCUT2D eigenvalue weighted by atomic mass is 10.2. The average molecular weight is 287 g/mol. The van der Waals surface area contributed by atoms with E-state index in [2.05, 4.69) is 4.90 Å². The van der Waals surface area contributed by atoms with Gasteiger partial charge in [0, 0.05) is 26.2 Å². The van der Waals surface area contributed by atoms with Crippen molar-refractivity contribution in [2.75, 3.05) is 46.8 Å². The van der Waals surface area contributed by atoms with Crippen molar-refractivity contribution in [2.24, 2.45) is 0 Å². The van der Waals surface area contributed by atoms with Gasteiger partial charge in [-0.2, -0.15) is 0 Å². The van der Waals surface area contributed by atoms with Crippen LogP contribution in [0.5, 0.6) is 0 Å². The van der Waals surface area contributed by atoms with Crippen molar-refractivity contribution in [3.05, 3.63) is 0 Å². The Morgan fingerprint density at radius 1 is 1.20 bits per heavy atom. The van der Waals surface area contributed by atoms with E-state index in [-0.39, 0.29) is 18.2 Å². The molecule has 2 unspecified atom stereocenters. The molecular formula is C14H25NO5. The van der Waals surface area contributed by atoms with Crippen molar-refractivity contribution in [2.45, 2.75) is 37.9 Å². The molecule has 116 valence electrons. The minimum Gasteiger partial charge on any atom is -0.469 e. The Morgan fingerprint density at radius 2 is 2.00 bits per heavy atom. The molecule has 0 saturated carbocycles. The van der Waals surface area contributed by atoms with Crippen molar-refractivity contribution in [1.82, 2.24) is 4.90 Å². The first kappa shape index (κ1) is 15.7. The van der Waals surface area contributed by atoms with E-state index in [1.54, 1.807) is 0 Å². The van der Waals surface area contributed by atoms with Crippen LogP contribution in [0.25, 0.3) is 0 Å². The molecule has 2 saturated heterocycles. The molecule has 2 fully saturated rings. The maximum atomic E-state index is 11.3. The van der Waals surface area contributed by atoms with Gasteiger partial charge in [-0.25, -0.2) is 0 Å². The van der Waals surface area contributed by atoms with E-state index in [9.17, 15) is 4.79 Å². The highest BCUT2D eigenvalue weighted by Gasteiger charge is 2.23. The summed E-state index contributed by atoms with van der Waals surface area (Å²) in [4.78, 5) is 13.6. The second kappa shape index (κ2) is 8.56. The maximum Gasteiger partial charge on any atom is 0.306 e. The van der Waals surface area contributed by atoms with Crippen molar-refractivity contribution in [3.63, 3.8) is 0 Å². The Balaban J connectivity index is 1.79. The molecule has 2 aliphatic rings. The number of ether oxygens (including phenoxy) is 4. The fourth-order valence-electron chi connectivity index (χ4n) is 2.62. The summed E-state index contributed by atoms with van der Waals surface area (Å²) < 4.78 is 21.2. The number of esters is 1. The molecule has 0 aromatic heterocycles. The molecule has 2 aliphatic heterocycles. The number of rotatable bonds is 7. The van der Waals surface area contributed by atoms with Crippen LogP contribution in [0.1, 0.15) is 25.7 Å². The van der Waals surface area contributed by atoms with Crippen LogP contribution < -0.4 is 0 Å². The molecule has 0 aliphatic carbocycles. The Bertz CT molecular complexity index is 287. The molecule has 0 aromatic rings. The number of hydrogen-bond acceptors (Lipinski definition) is 6. The highest BCUT2D eigenvalue weighted by molar-refractivity contribution is 5.69. The first-order chi connectivity index (χ1) is 9.78. The summed E-state index contributed by atoms with van der Waals surface area (Å²) in [5.41, 5.74) is 0. The average Bonchev–Trinajstić information content (AvgIpc) is 2.98. The summed E-state index contributed by atoms with van der Waals surface area (Å²) in [5, 5.41) is 0. The minimum atomic E-state index is -0.171. The van der Waals surface area contributed by atoms with Crippen molar-refractivity contribution >= 4 is 5.97 Å². The molecule has 0 radical (unpaired) electrons. The Labute approximate surface area is 120 Å². The number of carbonyl (C=O) groups excluding carboxylic acids is 1. The summed E-state index contributed by atoms with van der Waals surface area (Å²) in [6.07, 6.45) is 4.01. The first-order valence-corrected chi connectivity index (χ1v) is 7.38. The molecule has 0 N–H and O–H groups in total. The second-order valence-corrected chi connectivity index (χ2v) is 5.32. The van der Waals surface area contributed by atoms with Crippen molar-refractivity contribution in [1.29, 1.82) is 0 Å². The van der Waals surface area contributed by atoms with Gasteiger partial charge in [0.2, 0.25) is 0 Å². The monoisotopic (exact) mass is 287 g/mol. The van der Waals surface area contributed by atoms with Gasteiger partial charge in [0.15, 0.2) is 0 Å². The van der Waals surface area contributed by atoms with Crippen molar-refractivity contribution < 1.29 is 23.7 Å². The first-order valence-electron chi connectivity index (χ1n) is 7.38. The zero-order chi connectivity index (χ0) is 14.2. The summed E-state index contributed by atoms with van der Waals surface area (Å²) in [6.45, 7) is 4.33. The summed E-state index contributed by atoms with van der Waals surface area (Å²) >= 11 is 0. The van der Waals surface area contributed by atoms with Gasteiger partial charge in [-0.1, -0.05) is 0 Å². The maximum absolute atomic E-state index is 11.3. The molecule has 2 atom stereocenters. The van der Waals surface area contributed by atoms with E-state index < -0.39 is 0 Å². The van der Waals surface area contributed by atoms with E-state index in [1.165, 1.54) is 7.11 Å². The Morgan fingerprint density at radius 3 is 2.60 bits per heavy atom. The van der Waals surface area contributed by atoms with Crippen LogP contribution in [-0.2, 0) is 23.7 Å². The molecule has 20 heavy (non-hydrogen) atoms. The van der Waals surface area contributed by atoms with E-state index in [0.717, 1.165) is 45.6 Å². The molecule has 2 rings (SSSR count). The van der Waals surface area contributed by atoms with Crippen LogP contribution in [0.2, 0.25) is 0 Å². The Kier molecular flexibility index (Phi) is 6.72. The predicted molar refractivity (Wildman–Crippen MR) is 72.4 cm³/mol. The van der Waals surface area contributed by atoms with E-state index in [0.29, 0.717) is 19.8 Å². The summed E-state index contributed by atoms with van der Waals surface area (Å²) in [5.74, 6) is -0.171. The molecule has 6 nitrogen and oxygen atoms in total. The minimum absolute atomic E-state index is 0.171. The largest absolute Gasteiger partial charge is 0.469 e.